The lowest BCUT2D eigenvalue weighted by atomic mass is 10.0. The smallest absolute Gasteiger partial charge is 0.255 e. The first-order chi connectivity index (χ1) is 13.2. The van der Waals surface area contributed by atoms with Crippen molar-refractivity contribution < 1.29 is 17.9 Å². The number of anilines is 1. The maximum Gasteiger partial charge on any atom is 0.255 e. The van der Waals surface area contributed by atoms with Crippen molar-refractivity contribution >= 4 is 21.6 Å². The van der Waals surface area contributed by atoms with E-state index in [2.05, 4.69) is 19.2 Å². The maximum atomic E-state index is 12.8. The molecule has 152 valence electrons. The van der Waals surface area contributed by atoms with Crippen LogP contribution in [0.5, 0.6) is 5.75 Å². The number of amides is 1. The number of sulfonamides is 1. The van der Waals surface area contributed by atoms with Crippen molar-refractivity contribution in [2.75, 3.05) is 25.5 Å². The van der Waals surface area contributed by atoms with E-state index in [1.807, 2.05) is 12.1 Å². The van der Waals surface area contributed by atoms with E-state index >= 15 is 0 Å². The van der Waals surface area contributed by atoms with Gasteiger partial charge in [0.2, 0.25) is 10.0 Å². The Labute approximate surface area is 167 Å². The Morgan fingerprint density at radius 1 is 1.07 bits per heavy atom. The van der Waals surface area contributed by atoms with Gasteiger partial charge in [0, 0.05) is 18.7 Å². The number of hydrogen-bond acceptors (Lipinski definition) is 4. The van der Waals surface area contributed by atoms with Gasteiger partial charge in [0.15, 0.2) is 0 Å². The van der Waals surface area contributed by atoms with Gasteiger partial charge < -0.3 is 10.1 Å². The molecular weight excluding hydrogens is 376 g/mol. The number of benzene rings is 2. The largest absolute Gasteiger partial charge is 0.495 e. The number of methoxy groups -OCH3 is 1. The molecule has 2 rings (SSSR count). The highest BCUT2D eigenvalue weighted by molar-refractivity contribution is 7.89. The van der Waals surface area contributed by atoms with E-state index in [0.29, 0.717) is 36.0 Å². The van der Waals surface area contributed by atoms with Crippen molar-refractivity contribution in [3.63, 3.8) is 0 Å². The van der Waals surface area contributed by atoms with Gasteiger partial charge in [-0.1, -0.05) is 39.8 Å². The maximum absolute atomic E-state index is 12.8. The van der Waals surface area contributed by atoms with Crippen molar-refractivity contribution in [3.8, 4) is 5.75 Å². The van der Waals surface area contributed by atoms with E-state index in [9.17, 15) is 13.2 Å². The van der Waals surface area contributed by atoms with Gasteiger partial charge >= 0.3 is 0 Å². The normalized spacial score (nSPS) is 11.7. The molecule has 0 radical (unpaired) electrons. The van der Waals surface area contributed by atoms with Gasteiger partial charge in [0.1, 0.15) is 5.75 Å². The fourth-order valence-electron chi connectivity index (χ4n) is 2.87. The minimum atomic E-state index is -3.64. The second-order valence-electron chi connectivity index (χ2n) is 6.68. The van der Waals surface area contributed by atoms with Crippen LogP contribution in [0.25, 0.3) is 0 Å². The fraction of sp³-hybridized carbons (Fsp3) is 0.381. The van der Waals surface area contributed by atoms with Gasteiger partial charge in [-0.2, -0.15) is 4.31 Å². The molecular formula is C21H28N2O4S. The van der Waals surface area contributed by atoms with Gasteiger partial charge in [-0.15, -0.1) is 0 Å². The quantitative estimate of drug-likeness (QED) is 0.719. The van der Waals surface area contributed by atoms with Crippen molar-refractivity contribution in [1.82, 2.24) is 4.31 Å². The Hall–Kier alpha value is -2.38. The third-order valence-corrected chi connectivity index (χ3v) is 6.65. The number of carbonyl (C=O) groups is 1. The highest BCUT2D eigenvalue weighted by Gasteiger charge is 2.23. The zero-order valence-corrected chi connectivity index (χ0v) is 17.8. The first kappa shape index (κ1) is 21.9. The number of carbonyl (C=O) groups excluding carboxylic acids is 1. The lowest BCUT2D eigenvalue weighted by molar-refractivity contribution is 0.102. The summed E-state index contributed by atoms with van der Waals surface area (Å²) >= 11 is 0. The number of ether oxygens (including phenoxy) is 1. The van der Waals surface area contributed by atoms with Crippen LogP contribution in [0.3, 0.4) is 0 Å². The van der Waals surface area contributed by atoms with Crippen molar-refractivity contribution in [2.24, 2.45) is 0 Å². The Morgan fingerprint density at radius 2 is 1.68 bits per heavy atom. The molecule has 0 aliphatic carbocycles. The molecule has 0 aliphatic heterocycles. The standard InChI is InChI=1S/C21H28N2O4S/c1-6-23(7-2)28(25,26)18-12-13-20(27-5)19(14-18)22-21(24)17-10-8-16(9-11-17)15(3)4/h8-15H,6-7H2,1-5H3,(H,22,24). The van der Waals surface area contributed by atoms with Gasteiger partial charge in [0.05, 0.1) is 17.7 Å². The summed E-state index contributed by atoms with van der Waals surface area (Å²) in [4.78, 5) is 12.8. The fourth-order valence-corrected chi connectivity index (χ4v) is 4.36. The average Bonchev–Trinajstić information content (AvgIpc) is 2.68. The molecule has 0 aromatic heterocycles. The van der Waals surface area contributed by atoms with Crippen molar-refractivity contribution in [1.29, 1.82) is 0 Å². The molecule has 2 aromatic carbocycles. The molecule has 0 bridgehead atoms. The highest BCUT2D eigenvalue weighted by atomic mass is 32.2. The molecule has 0 atom stereocenters. The molecule has 1 N–H and O–H groups in total. The van der Waals surface area contributed by atoms with E-state index in [1.54, 1.807) is 32.0 Å². The molecule has 0 unspecified atom stereocenters. The molecule has 7 heteroatoms. The Kier molecular flexibility index (Phi) is 7.21. The molecule has 0 heterocycles. The minimum Gasteiger partial charge on any atom is -0.495 e. The van der Waals surface area contributed by atoms with Crippen molar-refractivity contribution in [3.05, 3.63) is 53.6 Å². The molecule has 0 fully saturated rings. The van der Waals surface area contributed by atoms with Crippen LogP contribution >= 0.6 is 0 Å². The summed E-state index contributed by atoms with van der Waals surface area (Å²) in [6, 6.07) is 11.8. The second kappa shape index (κ2) is 9.21. The third-order valence-electron chi connectivity index (χ3n) is 4.60. The lowest BCUT2D eigenvalue weighted by Crippen LogP contribution is -2.30. The van der Waals surface area contributed by atoms with E-state index in [-0.39, 0.29) is 10.8 Å². The van der Waals surface area contributed by atoms with Crippen LogP contribution in [0, 0.1) is 0 Å². The van der Waals surface area contributed by atoms with Crippen LogP contribution in [-0.2, 0) is 10.0 Å². The zero-order valence-electron chi connectivity index (χ0n) is 17.0. The molecule has 1 amide bonds. The monoisotopic (exact) mass is 404 g/mol. The van der Waals surface area contributed by atoms with E-state index in [4.69, 9.17) is 4.74 Å². The van der Waals surface area contributed by atoms with E-state index in [0.717, 1.165) is 5.56 Å². The van der Waals surface area contributed by atoms with Crippen LogP contribution in [0.2, 0.25) is 0 Å². The summed E-state index contributed by atoms with van der Waals surface area (Å²) in [5, 5.41) is 2.77. The summed E-state index contributed by atoms with van der Waals surface area (Å²) in [6.07, 6.45) is 0. The van der Waals surface area contributed by atoms with Gasteiger partial charge in [-0.25, -0.2) is 8.42 Å². The van der Waals surface area contributed by atoms with Crippen LogP contribution < -0.4 is 10.1 Å². The first-order valence-corrected chi connectivity index (χ1v) is 10.8. The van der Waals surface area contributed by atoms with Gasteiger partial charge in [0.25, 0.3) is 5.91 Å². The van der Waals surface area contributed by atoms with Crippen LogP contribution in [-0.4, -0.2) is 38.8 Å². The predicted molar refractivity (Wildman–Crippen MR) is 112 cm³/mol. The number of rotatable bonds is 8. The van der Waals surface area contributed by atoms with Crippen LogP contribution in [0.15, 0.2) is 47.4 Å². The number of nitrogens with zero attached hydrogens (tertiary/aromatic N) is 1. The number of nitrogens with one attached hydrogen (secondary N) is 1. The van der Waals surface area contributed by atoms with Crippen molar-refractivity contribution in [2.45, 2.75) is 38.5 Å². The summed E-state index contributed by atoms with van der Waals surface area (Å²) in [5.41, 5.74) is 1.94. The topological polar surface area (TPSA) is 75.7 Å². The first-order valence-electron chi connectivity index (χ1n) is 9.34. The van der Waals surface area contributed by atoms with Crippen LogP contribution in [0.4, 0.5) is 5.69 Å². The highest BCUT2D eigenvalue weighted by Crippen LogP contribution is 2.29. The molecule has 0 saturated carbocycles. The Balaban J connectivity index is 2.35. The third kappa shape index (κ3) is 4.72. The lowest BCUT2D eigenvalue weighted by Gasteiger charge is -2.19. The minimum absolute atomic E-state index is 0.113. The van der Waals surface area contributed by atoms with Crippen LogP contribution in [0.1, 0.15) is 49.5 Å². The van der Waals surface area contributed by atoms with E-state index < -0.39 is 10.0 Å². The van der Waals surface area contributed by atoms with E-state index in [1.165, 1.54) is 23.5 Å². The molecule has 6 nitrogen and oxygen atoms in total. The van der Waals surface area contributed by atoms with Gasteiger partial charge in [-0.05, 0) is 41.8 Å². The second-order valence-corrected chi connectivity index (χ2v) is 8.62. The molecule has 0 aliphatic rings. The summed E-state index contributed by atoms with van der Waals surface area (Å²) in [7, 11) is -2.16. The molecule has 0 saturated heterocycles. The molecule has 2 aromatic rings. The summed E-state index contributed by atoms with van der Waals surface area (Å²) in [5.74, 6) is 0.441. The number of hydrogen-bond donors (Lipinski definition) is 1. The summed E-state index contributed by atoms with van der Waals surface area (Å²) in [6.45, 7) is 8.48. The zero-order chi connectivity index (χ0) is 20.9. The Bertz CT molecular complexity index is 918. The summed E-state index contributed by atoms with van der Waals surface area (Å²) < 4.78 is 32.2. The predicted octanol–water partition coefficient (Wildman–Crippen LogP) is 4.10. The SMILES string of the molecule is CCN(CC)S(=O)(=O)c1ccc(OC)c(NC(=O)c2ccc(C(C)C)cc2)c1. The molecule has 0 spiro atoms. The van der Waals surface area contributed by atoms with Gasteiger partial charge in [-0.3, -0.25) is 4.79 Å². The Morgan fingerprint density at radius 3 is 2.18 bits per heavy atom. The average molecular weight is 405 g/mol. The molecule has 28 heavy (non-hydrogen) atoms.